The average Bonchev–Trinajstić information content (AvgIpc) is 2.05. The molecule has 0 spiro atoms. The molecule has 0 saturated carbocycles. The number of hydrogen-bond donors (Lipinski definition) is 1. The highest BCUT2D eigenvalue weighted by molar-refractivity contribution is 5.73. The van der Waals surface area contributed by atoms with Gasteiger partial charge in [0, 0.05) is 12.8 Å². The van der Waals surface area contributed by atoms with Gasteiger partial charge in [0.25, 0.3) is 0 Å². The first-order valence-electron chi connectivity index (χ1n) is 4.37. The monoisotopic (exact) mass is 156 g/mol. The van der Waals surface area contributed by atoms with Gasteiger partial charge in [-0.25, -0.2) is 4.99 Å². The van der Waals surface area contributed by atoms with Gasteiger partial charge in [-0.3, -0.25) is 0 Å². The molecule has 3 heteroatoms. The van der Waals surface area contributed by atoms with Gasteiger partial charge >= 0.3 is 0 Å². The van der Waals surface area contributed by atoms with E-state index in [1.54, 1.807) is 0 Å². The Bertz CT molecular complexity index is 156. The number of amidine groups is 1. The fourth-order valence-corrected chi connectivity index (χ4v) is 1.38. The summed E-state index contributed by atoms with van der Waals surface area (Å²) in [6.45, 7) is 4.83. The van der Waals surface area contributed by atoms with Crippen molar-refractivity contribution in [3.05, 3.63) is 5.21 Å². The quantitative estimate of drug-likeness (QED) is 0.576. The Morgan fingerprint density at radius 3 is 2.91 bits per heavy atom. The molecular weight excluding hydrogens is 140 g/mol. The standard InChI is InChI=1S/C8H16N2O/c1-3-7-5-6-10(11)8(4-2)9-7/h7,10H,3-6H2,1-2H3. The van der Waals surface area contributed by atoms with Gasteiger partial charge in [0.05, 0.1) is 12.6 Å². The molecule has 1 N–H and O–H groups in total. The van der Waals surface area contributed by atoms with Crippen LogP contribution in [-0.2, 0) is 0 Å². The van der Waals surface area contributed by atoms with E-state index in [1.165, 1.54) is 0 Å². The SMILES string of the molecule is CCC1=NC(CC)CC[NH+]1[O-]. The van der Waals surface area contributed by atoms with Crippen LogP contribution in [0.15, 0.2) is 4.99 Å². The van der Waals surface area contributed by atoms with Gasteiger partial charge in [-0.1, -0.05) is 13.8 Å². The van der Waals surface area contributed by atoms with E-state index >= 15 is 0 Å². The summed E-state index contributed by atoms with van der Waals surface area (Å²) in [6.07, 6.45) is 2.82. The molecule has 0 bridgehead atoms. The maximum atomic E-state index is 11.2. The number of nitrogens with zero attached hydrogens (tertiary/aromatic N) is 1. The summed E-state index contributed by atoms with van der Waals surface area (Å²) in [6, 6.07) is 0.419. The molecule has 1 heterocycles. The van der Waals surface area contributed by atoms with Gasteiger partial charge in [-0.2, -0.15) is 0 Å². The molecule has 0 aliphatic carbocycles. The second-order valence-corrected chi connectivity index (χ2v) is 2.95. The Morgan fingerprint density at radius 2 is 2.36 bits per heavy atom. The molecule has 0 fully saturated rings. The van der Waals surface area contributed by atoms with Crippen LogP contribution < -0.4 is 5.06 Å². The second kappa shape index (κ2) is 3.83. The third kappa shape index (κ3) is 2.01. The van der Waals surface area contributed by atoms with E-state index in [2.05, 4.69) is 11.9 Å². The van der Waals surface area contributed by atoms with Crippen LogP contribution in [0, 0.1) is 5.21 Å². The first kappa shape index (κ1) is 8.68. The summed E-state index contributed by atoms with van der Waals surface area (Å²) in [4.78, 5) is 4.37. The van der Waals surface area contributed by atoms with Crippen LogP contribution in [-0.4, -0.2) is 18.4 Å². The largest absolute Gasteiger partial charge is 0.628 e. The molecule has 0 radical (unpaired) electrons. The van der Waals surface area contributed by atoms with Gasteiger partial charge in [0.15, 0.2) is 5.84 Å². The first-order valence-corrected chi connectivity index (χ1v) is 4.37. The molecule has 2 atom stereocenters. The third-order valence-electron chi connectivity index (χ3n) is 2.17. The van der Waals surface area contributed by atoms with E-state index < -0.39 is 0 Å². The molecule has 1 rings (SSSR count). The van der Waals surface area contributed by atoms with Gasteiger partial charge in [-0.05, 0) is 6.42 Å². The van der Waals surface area contributed by atoms with Crippen LogP contribution in [0.5, 0.6) is 0 Å². The minimum atomic E-state index is 0.261. The summed E-state index contributed by atoms with van der Waals surface area (Å²) >= 11 is 0. The molecule has 11 heavy (non-hydrogen) atoms. The lowest BCUT2D eigenvalue weighted by Gasteiger charge is -2.29. The van der Waals surface area contributed by atoms with Crippen LogP contribution >= 0.6 is 0 Å². The lowest BCUT2D eigenvalue weighted by Crippen LogP contribution is -3.10. The van der Waals surface area contributed by atoms with Crippen molar-refractivity contribution in [3.8, 4) is 0 Å². The van der Waals surface area contributed by atoms with Crippen LogP contribution in [0.1, 0.15) is 33.1 Å². The fraction of sp³-hybridized carbons (Fsp3) is 0.875. The lowest BCUT2D eigenvalue weighted by atomic mass is 10.1. The van der Waals surface area contributed by atoms with E-state index in [1.807, 2.05) is 6.92 Å². The minimum absolute atomic E-state index is 0.261. The van der Waals surface area contributed by atoms with E-state index in [0.717, 1.165) is 25.1 Å². The molecule has 0 saturated heterocycles. The molecular formula is C8H16N2O. The highest BCUT2D eigenvalue weighted by Crippen LogP contribution is 2.04. The molecule has 3 nitrogen and oxygen atoms in total. The molecule has 1 aliphatic heterocycles. The average molecular weight is 156 g/mol. The van der Waals surface area contributed by atoms with Crippen molar-refractivity contribution in [1.82, 2.24) is 0 Å². The molecule has 1 aliphatic rings. The van der Waals surface area contributed by atoms with Gasteiger partial charge in [0.1, 0.15) is 0 Å². The Balaban J connectivity index is 2.61. The number of quaternary nitrogens is 1. The maximum Gasteiger partial charge on any atom is 0.196 e. The second-order valence-electron chi connectivity index (χ2n) is 2.95. The highest BCUT2D eigenvalue weighted by Gasteiger charge is 2.17. The maximum absolute atomic E-state index is 11.2. The van der Waals surface area contributed by atoms with Crippen LogP contribution in [0.2, 0.25) is 0 Å². The Labute approximate surface area is 67.7 Å². The zero-order valence-electron chi connectivity index (χ0n) is 7.26. The van der Waals surface area contributed by atoms with Crippen molar-refractivity contribution in [3.63, 3.8) is 0 Å². The molecule has 2 unspecified atom stereocenters. The van der Waals surface area contributed by atoms with Gasteiger partial charge < -0.3 is 10.3 Å². The third-order valence-corrected chi connectivity index (χ3v) is 2.17. The van der Waals surface area contributed by atoms with E-state index in [-0.39, 0.29) is 5.06 Å². The van der Waals surface area contributed by atoms with E-state index in [0.29, 0.717) is 12.6 Å². The summed E-state index contributed by atoms with van der Waals surface area (Å²) in [5.74, 6) is 0.808. The summed E-state index contributed by atoms with van der Waals surface area (Å²) in [5, 5.41) is 11.4. The van der Waals surface area contributed by atoms with Crippen LogP contribution in [0.25, 0.3) is 0 Å². The smallest absolute Gasteiger partial charge is 0.196 e. The van der Waals surface area contributed by atoms with Crippen molar-refractivity contribution in [2.24, 2.45) is 4.99 Å². The van der Waals surface area contributed by atoms with Crippen molar-refractivity contribution in [2.45, 2.75) is 39.2 Å². The molecule has 0 aromatic carbocycles. The van der Waals surface area contributed by atoms with Crippen LogP contribution in [0.3, 0.4) is 0 Å². The van der Waals surface area contributed by atoms with Crippen molar-refractivity contribution in [1.29, 1.82) is 0 Å². The fourth-order valence-electron chi connectivity index (χ4n) is 1.38. The Hall–Kier alpha value is -0.410. The Morgan fingerprint density at radius 1 is 1.64 bits per heavy atom. The number of hydroxylamine groups is 2. The normalized spacial score (nSPS) is 31.7. The number of aliphatic imine (C=N–C) groups is 1. The van der Waals surface area contributed by atoms with Crippen LogP contribution in [0.4, 0.5) is 0 Å². The summed E-state index contributed by atoms with van der Waals surface area (Å²) in [7, 11) is 0. The molecule has 0 aromatic rings. The lowest BCUT2D eigenvalue weighted by molar-refractivity contribution is -0.753. The molecule has 0 aromatic heterocycles. The number of nitrogens with one attached hydrogen (secondary N) is 1. The van der Waals surface area contributed by atoms with E-state index in [9.17, 15) is 5.21 Å². The number of rotatable bonds is 2. The van der Waals surface area contributed by atoms with Gasteiger partial charge in [0.2, 0.25) is 0 Å². The highest BCUT2D eigenvalue weighted by atomic mass is 16.5. The predicted octanol–water partition coefficient (Wildman–Crippen LogP) is 0.360. The summed E-state index contributed by atoms with van der Waals surface area (Å²) in [5.41, 5.74) is 0. The molecule has 64 valence electrons. The zero-order valence-corrected chi connectivity index (χ0v) is 7.26. The molecule has 0 amide bonds. The van der Waals surface area contributed by atoms with Gasteiger partial charge in [-0.15, -0.1) is 0 Å². The number of hydrogen-bond acceptors (Lipinski definition) is 2. The zero-order chi connectivity index (χ0) is 8.27. The minimum Gasteiger partial charge on any atom is -0.628 e. The van der Waals surface area contributed by atoms with E-state index in [4.69, 9.17) is 0 Å². The predicted molar refractivity (Wildman–Crippen MR) is 45.6 cm³/mol. The van der Waals surface area contributed by atoms with Crippen molar-refractivity contribution < 1.29 is 5.06 Å². The topological polar surface area (TPSA) is 39.9 Å². The first-order chi connectivity index (χ1) is 5.27. The van der Waals surface area contributed by atoms with Crippen molar-refractivity contribution in [2.75, 3.05) is 6.54 Å². The van der Waals surface area contributed by atoms with Crippen molar-refractivity contribution >= 4 is 5.84 Å². The Kier molecular flexibility index (Phi) is 3.02. The summed E-state index contributed by atoms with van der Waals surface area (Å²) < 4.78 is 0.